The first kappa shape index (κ1) is 34.3. The fourth-order valence-corrected chi connectivity index (χ4v) is 6.23. The van der Waals surface area contributed by atoms with Crippen molar-refractivity contribution in [3.05, 3.63) is 108 Å². The Hall–Kier alpha value is -4.58. The largest absolute Gasteiger partial charge is 0.444 e. The predicted octanol–water partition coefficient (Wildman–Crippen LogP) is 3.58. The highest BCUT2D eigenvalue weighted by Crippen LogP contribution is 2.36. The van der Waals surface area contributed by atoms with Crippen LogP contribution >= 0.6 is 0 Å². The molecule has 1 aliphatic rings. The van der Waals surface area contributed by atoms with Crippen LogP contribution < -0.4 is 16.8 Å². The van der Waals surface area contributed by atoms with Crippen molar-refractivity contribution in [1.29, 1.82) is 0 Å². The highest BCUT2D eigenvalue weighted by molar-refractivity contribution is 5.97. The average molecular weight is 631 g/mol. The summed E-state index contributed by atoms with van der Waals surface area (Å²) in [5.41, 5.74) is 14.0. The van der Waals surface area contributed by atoms with Crippen molar-refractivity contribution < 1.29 is 33.5 Å². The number of quaternary nitrogens is 1. The normalized spacial score (nSPS) is 19.4. The first-order chi connectivity index (χ1) is 22.1. The number of amides is 5. The molecule has 0 aromatic heterocycles. The molecule has 46 heavy (non-hydrogen) atoms. The summed E-state index contributed by atoms with van der Waals surface area (Å²) in [5, 5.41) is 15.0. The van der Waals surface area contributed by atoms with Crippen LogP contribution in [0.15, 0.2) is 91.0 Å². The molecule has 3 unspecified atom stereocenters. The molecule has 3 aromatic carbocycles. The van der Waals surface area contributed by atoms with Crippen LogP contribution in [0.4, 0.5) is 9.59 Å². The highest BCUT2D eigenvalue weighted by Gasteiger charge is 2.59. The number of carbonyl (C=O) groups excluding carboxylic acids is 4. The number of imide groups is 1. The van der Waals surface area contributed by atoms with Crippen LogP contribution in [0.2, 0.25) is 0 Å². The maximum atomic E-state index is 14.4. The molecule has 0 spiro atoms. The fraction of sp³-hybridized carbons (Fsp3) is 0.371. The van der Waals surface area contributed by atoms with Crippen molar-refractivity contribution >= 4 is 23.9 Å². The van der Waals surface area contributed by atoms with Gasteiger partial charge in [-0.25, -0.2) is 14.1 Å². The number of nitrogens with two attached hydrogens (primary N) is 2. The van der Waals surface area contributed by atoms with Gasteiger partial charge in [-0.3, -0.25) is 9.59 Å². The predicted molar refractivity (Wildman–Crippen MR) is 172 cm³/mol. The third-order valence-electron chi connectivity index (χ3n) is 8.63. The second-order valence-corrected chi connectivity index (χ2v) is 11.8. The fourth-order valence-electron chi connectivity index (χ4n) is 6.23. The number of aliphatic hydroxyl groups excluding tert-OH is 1. The number of benzene rings is 3. The van der Waals surface area contributed by atoms with E-state index < -0.39 is 59.2 Å². The van der Waals surface area contributed by atoms with Gasteiger partial charge >= 0.3 is 12.1 Å². The number of nitrogens with zero attached hydrogens (tertiary/aromatic N) is 2. The van der Waals surface area contributed by atoms with Gasteiger partial charge in [0.2, 0.25) is 12.1 Å². The van der Waals surface area contributed by atoms with Crippen LogP contribution in [0.1, 0.15) is 49.3 Å². The van der Waals surface area contributed by atoms with E-state index >= 15 is 0 Å². The molecule has 11 nitrogen and oxygen atoms in total. The van der Waals surface area contributed by atoms with Crippen LogP contribution in [0.25, 0.3) is 0 Å². The van der Waals surface area contributed by atoms with Gasteiger partial charge in [0, 0.05) is 19.4 Å². The van der Waals surface area contributed by atoms with Crippen LogP contribution in [-0.4, -0.2) is 69.3 Å². The maximum Gasteiger partial charge on any atom is 0.421 e. The van der Waals surface area contributed by atoms with E-state index in [4.69, 9.17) is 16.2 Å². The Balaban J connectivity index is 1.77. The van der Waals surface area contributed by atoms with Gasteiger partial charge in [0.1, 0.15) is 12.7 Å². The Kier molecular flexibility index (Phi) is 12.0. The first-order valence-corrected chi connectivity index (χ1v) is 15.6. The molecule has 1 aliphatic heterocycles. The molecule has 0 aliphatic carbocycles. The minimum atomic E-state index is -1.50. The quantitative estimate of drug-likeness (QED) is 0.210. The van der Waals surface area contributed by atoms with Gasteiger partial charge in [-0.1, -0.05) is 91.0 Å². The molecule has 0 bridgehead atoms. The van der Waals surface area contributed by atoms with Crippen LogP contribution in [-0.2, 0) is 33.9 Å². The number of likely N-dealkylation sites (tertiary alicyclic amines) is 1. The van der Waals surface area contributed by atoms with Crippen molar-refractivity contribution in [3.8, 4) is 0 Å². The second-order valence-electron chi connectivity index (χ2n) is 11.8. The Morgan fingerprint density at radius 1 is 0.935 bits per heavy atom. The smallest absolute Gasteiger partial charge is 0.421 e. The van der Waals surface area contributed by atoms with Crippen molar-refractivity contribution in [2.75, 3.05) is 6.54 Å². The zero-order valence-corrected chi connectivity index (χ0v) is 26.2. The van der Waals surface area contributed by atoms with E-state index in [-0.39, 0.29) is 26.1 Å². The van der Waals surface area contributed by atoms with E-state index in [2.05, 4.69) is 5.32 Å². The average Bonchev–Trinajstić information content (AvgIpc) is 3.45. The van der Waals surface area contributed by atoms with Gasteiger partial charge in [-0.2, -0.15) is 4.90 Å². The number of hydrogen-bond donors (Lipinski definition) is 4. The SMILES string of the molecule is C[C@@H]1CCC[N+]1(C(=O)NCc1ccccc1)C(C(O)CCc1ccccc1)N(C(=O)OCc1ccccc1)C(=O)[C@@H](N)CC(N)=O. The summed E-state index contributed by atoms with van der Waals surface area (Å²) in [6.45, 7) is 2.15. The lowest BCUT2D eigenvalue weighted by molar-refractivity contribution is -0.899. The van der Waals surface area contributed by atoms with Gasteiger partial charge in [-0.05, 0) is 36.5 Å². The Morgan fingerprint density at radius 3 is 2.04 bits per heavy atom. The number of aryl methyl sites for hydroxylation is 1. The Labute approximate surface area is 269 Å². The number of ether oxygens (including phenoxy) is 1. The molecule has 5 amide bonds. The van der Waals surface area contributed by atoms with E-state index in [1.807, 2.05) is 73.7 Å². The van der Waals surface area contributed by atoms with Crippen LogP contribution in [0.3, 0.4) is 0 Å². The Bertz CT molecular complexity index is 1460. The number of nitrogens with one attached hydrogen (secondary N) is 1. The summed E-state index contributed by atoms with van der Waals surface area (Å²) in [4.78, 5) is 55.1. The van der Waals surface area contributed by atoms with E-state index in [0.29, 0.717) is 24.8 Å². The lowest BCUT2D eigenvalue weighted by Gasteiger charge is -2.47. The molecular formula is C35H44N5O6+. The van der Waals surface area contributed by atoms with Crippen molar-refractivity contribution in [2.45, 2.75) is 76.5 Å². The molecule has 6 N–H and O–H groups in total. The lowest BCUT2D eigenvalue weighted by atomic mass is 10.0. The zero-order valence-electron chi connectivity index (χ0n) is 26.2. The molecule has 11 heteroatoms. The first-order valence-electron chi connectivity index (χ1n) is 15.6. The van der Waals surface area contributed by atoms with Gasteiger partial charge in [0.15, 0.2) is 0 Å². The molecule has 0 saturated carbocycles. The molecule has 1 heterocycles. The van der Waals surface area contributed by atoms with Crippen LogP contribution in [0.5, 0.6) is 0 Å². The molecule has 0 radical (unpaired) electrons. The van der Waals surface area contributed by atoms with Crippen molar-refractivity contribution in [2.24, 2.45) is 11.5 Å². The van der Waals surface area contributed by atoms with Gasteiger partial charge in [0.05, 0.1) is 25.0 Å². The molecule has 5 atom stereocenters. The van der Waals surface area contributed by atoms with Gasteiger partial charge < -0.3 is 26.6 Å². The summed E-state index contributed by atoms with van der Waals surface area (Å²) in [6, 6.07) is 25.4. The molecule has 1 saturated heterocycles. The number of urea groups is 1. The third-order valence-corrected chi connectivity index (χ3v) is 8.63. The summed E-state index contributed by atoms with van der Waals surface area (Å²) in [7, 11) is 0. The number of aliphatic hydroxyl groups is 1. The maximum absolute atomic E-state index is 14.4. The summed E-state index contributed by atoms with van der Waals surface area (Å²) in [6.07, 6.45) is -2.65. The highest BCUT2D eigenvalue weighted by atomic mass is 16.6. The van der Waals surface area contributed by atoms with E-state index in [0.717, 1.165) is 16.0 Å². The molecule has 3 aromatic rings. The topological polar surface area (TPSA) is 165 Å². The summed E-state index contributed by atoms with van der Waals surface area (Å²) in [5.74, 6) is -1.80. The van der Waals surface area contributed by atoms with Crippen LogP contribution in [0, 0.1) is 0 Å². The van der Waals surface area contributed by atoms with Crippen molar-refractivity contribution in [3.63, 3.8) is 0 Å². The summed E-state index contributed by atoms with van der Waals surface area (Å²) < 4.78 is 5.22. The van der Waals surface area contributed by atoms with Gasteiger partial charge in [-0.15, -0.1) is 0 Å². The lowest BCUT2D eigenvalue weighted by Crippen LogP contribution is -2.74. The number of primary amides is 1. The van der Waals surface area contributed by atoms with E-state index in [9.17, 15) is 24.3 Å². The monoisotopic (exact) mass is 630 g/mol. The number of rotatable bonds is 13. The molecule has 1 fully saturated rings. The minimum absolute atomic E-state index is 0.119. The van der Waals surface area contributed by atoms with Gasteiger partial charge in [0.25, 0.3) is 5.91 Å². The van der Waals surface area contributed by atoms with E-state index in [1.54, 1.807) is 24.3 Å². The number of carbonyl (C=O) groups is 4. The third kappa shape index (κ3) is 8.36. The molecular weight excluding hydrogens is 586 g/mol. The summed E-state index contributed by atoms with van der Waals surface area (Å²) >= 11 is 0. The minimum Gasteiger partial charge on any atom is -0.444 e. The standard InChI is InChI=1S/C35H43N5O6/c1-25-12-11-21-40(25,34(44)38-23-27-15-7-3-8-16-27)32(30(41)20-19-26-13-5-2-6-14-26)39(33(43)29(36)22-31(37)42)35(45)46-24-28-17-9-4-10-18-28/h2-10,13-18,25,29-30,32,41H,11-12,19-24,36H2,1H3,(H2-,37,38,42,44)/p+1/t25-,29+,30?,32?,40?/m1/s1. The van der Waals surface area contributed by atoms with Crippen molar-refractivity contribution in [1.82, 2.24) is 10.2 Å². The molecule has 4 rings (SSSR count). The Morgan fingerprint density at radius 2 is 1.50 bits per heavy atom. The second kappa shape index (κ2) is 16.1. The van der Waals surface area contributed by atoms with E-state index in [1.165, 1.54) is 0 Å². The molecule has 244 valence electrons. The zero-order chi connectivity index (χ0) is 33.1. The number of hydrogen-bond acceptors (Lipinski definition) is 7.